The first-order valence-electron chi connectivity index (χ1n) is 11.2. The molecular formula is C23H28N6O4. The lowest BCUT2D eigenvalue weighted by Gasteiger charge is -2.21. The van der Waals surface area contributed by atoms with Gasteiger partial charge in [0, 0.05) is 32.0 Å². The van der Waals surface area contributed by atoms with Crippen molar-refractivity contribution in [2.75, 3.05) is 25.0 Å². The SMILES string of the molecule is O=C(O)CC(NC(=O)CN1CCC(NCc2ccc3c(n2)NCCC3)C1=O)c1cccnc1. The molecule has 1 saturated heterocycles. The van der Waals surface area contributed by atoms with Crippen molar-refractivity contribution in [1.29, 1.82) is 0 Å². The molecular weight excluding hydrogens is 424 g/mol. The average Bonchev–Trinajstić information content (AvgIpc) is 3.16. The minimum Gasteiger partial charge on any atom is -0.481 e. The quantitative estimate of drug-likeness (QED) is 0.440. The van der Waals surface area contributed by atoms with Crippen molar-refractivity contribution < 1.29 is 19.5 Å². The number of nitrogens with zero attached hydrogens (tertiary/aromatic N) is 3. The van der Waals surface area contributed by atoms with Gasteiger partial charge in [-0.2, -0.15) is 0 Å². The Bertz CT molecular complexity index is 1020. The number of hydrogen-bond acceptors (Lipinski definition) is 7. The summed E-state index contributed by atoms with van der Waals surface area (Å²) >= 11 is 0. The van der Waals surface area contributed by atoms with E-state index in [1.807, 2.05) is 6.07 Å². The number of rotatable bonds is 9. The Labute approximate surface area is 191 Å². The summed E-state index contributed by atoms with van der Waals surface area (Å²) in [6, 6.07) is 6.37. The Balaban J connectivity index is 1.29. The van der Waals surface area contributed by atoms with E-state index >= 15 is 0 Å². The summed E-state index contributed by atoms with van der Waals surface area (Å²) in [6.07, 6.45) is 5.56. The summed E-state index contributed by atoms with van der Waals surface area (Å²) in [7, 11) is 0. The van der Waals surface area contributed by atoms with Gasteiger partial charge in [-0.05, 0) is 42.5 Å². The molecule has 2 aromatic heterocycles. The van der Waals surface area contributed by atoms with Crippen LogP contribution in [0.3, 0.4) is 0 Å². The molecule has 0 radical (unpaired) electrons. The van der Waals surface area contributed by atoms with Gasteiger partial charge in [0.05, 0.1) is 30.7 Å². The first-order valence-corrected chi connectivity index (χ1v) is 11.2. The fourth-order valence-electron chi connectivity index (χ4n) is 4.20. The van der Waals surface area contributed by atoms with E-state index in [-0.39, 0.29) is 24.9 Å². The lowest BCUT2D eigenvalue weighted by Crippen LogP contribution is -2.43. The van der Waals surface area contributed by atoms with E-state index < -0.39 is 17.9 Å². The Hall–Kier alpha value is -3.53. The molecule has 174 valence electrons. The molecule has 33 heavy (non-hydrogen) atoms. The monoisotopic (exact) mass is 452 g/mol. The Kier molecular flexibility index (Phi) is 7.13. The number of anilines is 1. The number of nitrogens with one attached hydrogen (secondary N) is 3. The van der Waals surface area contributed by atoms with Crippen LogP contribution >= 0.6 is 0 Å². The summed E-state index contributed by atoms with van der Waals surface area (Å²) in [6.45, 7) is 1.73. The van der Waals surface area contributed by atoms with Crippen LogP contribution in [0.25, 0.3) is 0 Å². The third-order valence-electron chi connectivity index (χ3n) is 5.91. The molecule has 1 fully saturated rings. The zero-order chi connectivity index (χ0) is 23.2. The van der Waals surface area contributed by atoms with Crippen LogP contribution < -0.4 is 16.0 Å². The van der Waals surface area contributed by atoms with E-state index in [2.05, 4.69) is 32.0 Å². The van der Waals surface area contributed by atoms with Gasteiger partial charge in [-0.3, -0.25) is 19.4 Å². The van der Waals surface area contributed by atoms with Gasteiger partial charge in [0.1, 0.15) is 5.82 Å². The highest BCUT2D eigenvalue weighted by atomic mass is 16.4. The number of aryl methyl sites for hydroxylation is 1. The molecule has 2 unspecified atom stereocenters. The number of carboxylic acids is 1. The smallest absolute Gasteiger partial charge is 0.305 e. The summed E-state index contributed by atoms with van der Waals surface area (Å²) in [5, 5.41) is 18.5. The van der Waals surface area contributed by atoms with E-state index in [1.54, 1.807) is 18.3 Å². The lowest BCUT2D eigenvalue weighted by molar-refractivity contribution is -0.138. The molecule has 2 atom stereocenters. The molecule has 0 aromatic carbocycles. The van der Waals surface area contributed by atoms with Gasteiger partial charge in [-0.15, -0.1) is 0 Å². The molecule has 2 aromatic rings. The minimum atomic E-state index is -1.03. The molecule has 10 heteroatoms. The molecule has 4 heterocycles. The predicted octanol–water partition coefficient (Wildman–Crippen LogP) is 0.857. The van der Waals surface area contributed by atoms with Gasteiger partial charge in [0.2, 0.25) is 11.8 Å². The maximum absolute atomic E-state index is 12.8. The lowest BCUT2D eigenvalue weighted by atomic mass is 10.1. The highest BCUT2D eigenvalue weighted by molar-refractivity contribution is 5.89. The Morgan fingerprint density at radius 2 is 2.18 bits per heavy atom. The van der Waals surface area contributed by atoms with E-state index in [1.165, 1.54) is 16.7 Å². The van der Waals surface area contributed by atoms with Crippen molar-refractivity contribution in [1.82, 2.24) is 25.5 Å². The van der Waals surface area contributed by atoms with Gasteiger partial charge >= 0.3 is 5.97 Å². The number of pyridine rings is 2. The van der Waals surface area contributed by atoms with Gasteiger partial charge in [0.15, 0.2) is 0 Å². The maximum Gasteiger partial charge on any atom is 0.305 e. The first kappa shape index (κ1) is 22.7. The fraction of sp³-hybridized carbons (Fsp3) is 0.435. The topological polar surface area (TPSA) is 137 Å². The van der Waals surface area contributed by atoms with Gasteiger partial charge in [0.25, 0.3) is 0 Å². The second kappa shape index (κ2) is 10.4. The van der Waals surface area contributed by atoms with Gasteiger partial charge in [-0.1, -0.05) is 12.1 Å². The van der Waals surface area contributed by atoms with Crippen LogP contribution in [0.2, 0.25) is 0 Å². The second-order valence-corrected chi connectivity index (χ2v) is 8.33. The summed E-state index contributed by atoms with van der Waals surface area (Å²) in [5.41, 5.74) is 2.68. The van der Waals surface area contributed by atoms with Crippen LogP contribution in [-0.4, -0.2) is 63.4 Å². The normalized spacial score (nSPS) is 18.4. The molecule has 0 spiro atoms. The number of carbonyl (C=O) groups is 3. The number of aliphatic carboxylic acids is 1. The summed E-state index contributed by atoms with van der Waals surface area (Å²) < 4.78 is 0. The number of aromatic nitrogens is 2. The number of hydrogen-bond donors (Lipinski definition) is 4. The third kappa shape index (κ3) is 5.83. The van der Waals surface area contributed by atoms with Crippen molar-refractivity contribution in [3.63, 3.8) is 0 Å². The second-order valence-electron chi connectivity index (χ2n) is 8.33. The number of fused-ring (bicyclic) bond motifs is 1. The molecule has 0 saturated carbocycles. The molecule has 2 aliphatic heterocycles. The highest BCUT2D eigenvalue weighted by Gasteiger charge is 2.33. The van der Waals surface area contributed by atoms with Crippen LogP contribution in [0.15, 0.2) is 36.7 Å². The van der Waals surface area contributed by atoms with Crippen LogP contribution in [0, 0.1) is 0 Å². The number of carbonyl (C=O) groups excluding carboxylic acids is 2. The molecule has 0 aliphatic carbocycles. The highest BCUT2D eigenvalue weighted by Crippen LogP contribution is 2.20. The molecule has 2 amide bonds. The molecule has 10 nitrogen and oxygen atoms in total. The number of carboxylic acid groups (broad SMARTS) is 1. The molecule has 0 bridgehead atoms. The zero-order valence-electron chi connectivity index (χ0n) is 18.3. The summed E-state index contributed by atoms with van der Waals surface area (Å²) in [5.74, 6) is -0.656. The molecule has 4 rings (SSSR count). The fourth-order valence-corrected chi connectivity index (χ4v) is 4.20. The molecule has 2 aliphatic rings. The first-order chi connectivity index (χ1) is 16.0. The van der Waals surface area contributed by atoms with Crippen molar-refractivity contribution in [3.8, 4) is 0 Å². The number of likely N-dealkylation sites (tertiary alicyclic amines) is 1. The Morgan fingerprint density at radius 3 is 2.97 bits per heavy atom. The van der Waals surface area contributed by atoms with Crippen molar-refractivity contribution >= 4 is 23.6 Å². The standard InChI is InChI=1S/C23H28N6O4/c30-20(28-19(11-21(31)32)16-4-1-8-24-12-16)14-29-10-7-18(23(29)33)26-13-17-6-5-15-3-2-9-25-22(15)27-17/h1,4-6,8,12,18-19,26H,2-3,7,9-11,13-14H2,(H,25,27)(H,28,30)(H,31,32). The molecule has 4 N–H and O–H groups in total. The van der Waals surface area contributed by atoms with E-state index in [9.17, 15) is 19.5 Å². The van der Waals surface area contributed by atoms with Crippen LogP contribution in [0.5, 0.6) is 0 Å². The van der Waals surface area contributed by atoms with Gasteiger partial charge in [-0.25, -0.2) is 4.98 Å². The van der Waals surface area contributed by atoms with Crippen LogP contribution in [0.1, 0.15) is 42.1 Å². The largest absolute Gasteiger partial charge is 0.481 e. The van der Waals surface area contributed by atoms with E-state index in [0.29, 0.717) is 25.1 Å². The zero-order valence-corrected chi connectivity index (χ0v) is 18.3. The van der Waals surface area contributed by atoms with E-state index in [0.717, 1.165) is 30.9 Å². The predicted molar refractivity (Wildman–Crippen MR) is 120 cm³/mol. The van der Waals surface area contributed by atoms with Gasteiger partial charge < -0.3 is 26.0 Å². The van der Waals surface area contributed by atoms with Crippen molar-refractivity contribution in [2.24, 2.45) is 0 Å². The Morgan fingerprint density at radius 1 is 1.30 bits per heavy atom. The average molecular weight is 453 g/mol. The number of amides is 2. The van der Waals surface area contributed by atoms with Crippen molar-refractivity contribution in [2.45, 2.75) is 44.3 Å². The van der Waals surface area contributed by atoms with Crippen LogP contribution in [-0.2, 0) is 27.3 Å². The maximum atomic E-state index is 12.8. The van der Waals surface area contributed by atoms with Crippen molar-refractivity contribution in [3.05, 3.63) is 53.5 Å². The van der Waals surface area contributed by atoms with E-state index in [4.69, 9.17) is 0 Å². The third-order valence-corrected chi connectivity index (χ3v) is 5.91. The summed E-state index contributed by atoms with van der Waals surface area (Å²) in [4.78, 5) is 46.7. The minimum absolute atomic E-state index is 0.117. The van der Waals surface area contributed by atoms with Crippen LogP contribution in [0.4, 0.5) is 5.82 Å².